The number of hydrogen-bond donors (Lipinski definition) is 1. The van der Waals surface area contributed by atoms with Gasteiger partial charge in [-0.2, -0.15) is 0 Å². The molecule has 0 aliphatic carbocycles. The van der Waals surface area contributed by atoms with E-state index >= 15 is 0 Å². The molecule has 1 atom stereocenters. The Bertz CT molecular complexity index is 1400. The quantitative estimate of drug-likeness (QED) is 0.278. The summed E-state index contributed by atoms with van der Waals surface area (Å²) in [6.45, 7) is 5.98. The van der Waals surface area contributed by atoms with Crippen molar-refractivity contribution in [1.82, 2.24) is 9.55 Å². The molecule has 0 fully saturated rings. The second-order valence-electron chi connectivity index (χ2n) is 8.22. The molecule has 0 aliphatic heterocycles. The molecular weight excluding hydrogens is 446 g/mol. The van der Waals surface area contributed by atoms with Gasteiger partial charge in [-0.3, -0.25) is 14.2 Å². The van der Waals surface area contributed by atoms with Gasteiger partial charge in [0.1, 0.15) is 5.75 Å². The molecule has 174 valence electrons. The lowest BCUT2D eigenvalue weighted by Crippen LogP contribution is -2.27. The van der Waals surface area contributed by atoms with Crippen molar-refractivity contribution in [2.75, 3.05) is 12.4 Å². The normalized spacial score (nSPS) is 12.0. The smallest absolute Gasteiger partial charge is 0.266 e. The van der Waals surface area contributed by atoms with Gasteiger partial charge in [-0.1, -0.05) is 68.1 Å². The number of nitrogens with zero attached hydrogens (tertiary/aromatic N) is 2. The first-order valence-corrected chi connectivity index (χ1v) is 12.0. The SMILES string of the molecule is COc1ccccc1NC(=O)C(C)Sc1nc2ccccc2c(=O)n1-c1ccccc1C(C)C. The van der Waals surface area contributed by atoms with Gasteiger partial charge in [0.05, 0.1) is 34.6 Å². The van der Waals surface area contributed by atoms with E-state index < -0.39 is 5.25 Å². The zero-order chi connectivity index (χ0) is 24.2. The summed E-state index contributed by atoms with van der Waals surface area (Å²) in [6.07, 6.45) is 0. The molecule has 1 N–H and O–H groups in total. The molecule has 0 saturated heterocycles. The number of ether oxygens (including phenoxy) is 1. The van der Waals surface area contributed by atoms with Crippen LogP contribution in [-0.2, 0) is 4.79 Å². The number of thioether (sulfide) groups is 1. The molecule has 7 heteroatoms. The molecule has 0 bridgehead atoms. The third kappa shape index (κ3) is 4.70. The van der Waals surface area contributed by atoms with Crippen molar-refractivity contribution >= 4 is 34.3 Å². The number of aromatic nitrogens is 2. The summed E-state index contributed by atoms with van der Waals surface area (Å²) in [7, 11) is 1.56. The number of methoxy groups -OCH3 is 1. The van der Waals surface area contributed by atoms with Gasteiger partial charge in [-0.15, -0.1) is 0 Å². The third-order valence-electron chi connectivity index (χ3n) is 5.56. The molecule has 1 heterocycles. The van der Waals surface area contributed by atoms with E-state index in [1.807, 2.05) is 54.6 Å². The minimum absolute atomic E-state index is 0.154. The number of carbonyl (C=O) groups excluding carboxylic acids is 1. The van der Waals surface area contributed by atoms with Crippen molar-refractivity contribution < 1.29 is 9.53 Å². The summed E-state index contributed by atoms with van der Waals surface area (Å²) in [5.41, 5.74) is 2.86. The van der Waals surface area contributed by atoms with Gasteiger partial charge in [0, 0.05) is 0 Å². The lowest BCUT2D eigenvalue weighted by Gasteiger charge is -2.20. The molecule has 34 heavy (non-hydrogen) atoms. The Morgan fingerprint density at radius 1 is 0.971 bits per heavy atom. The number of fused-ring (bicyclic) bond motifs is 1. The Morgan fingerprint density at radius 2 is 1.65 bits per heavy atom. The molecule has 0 radical (unpaired) electrons. The topological polar surface area (TPSA) is 73.2 Å². The molecule has 4 aromatic rings. The maximum absolute atomic E-state index is 13.6. The predicted molar refractivity (Wildman–Crippen MR) is 138 cm³/mol. The van der Waals surface area contributed by atoms with E-state index in [0.29, 0.717) is 27.5 Å². The standard InChI is InChI=1S/C27H27N3O3S/c1-17(2)19-11-6-9-15-23(19)30-26(32)20-12-5-7-13-21(20)29-27(30)34-18(3)25(31)28-22-14-8-10-16-24(22)33-4/h5-18H,1-4H3,(H,28,31). The van der Waals surface area contributed by atoms with Gasteiger partial charge in [-0.05, 0) is 48.7 Å². The fourth-order valence-corrected chi connectivity index (χ4v) is 4.70. The lowest BCUT2D eigenvalue weighted by atomic mass is 10.0. The van der Waals surface area contributed by atoms with E-state index in [9.17, 15) is 9.59 Å². The molecule has 0 aliphatic rings. The number of carbonyl (C=O) groups is 1. The van der Waals surface area contributed by atoms with Crippen LogP contribution in [0.15, 0.2) is 82.7 Å². The molecule has 1 aromatic heterocycles. The number of anilines is 1. The first kappa shape index (κ1) is 23.6. The fourth-order valence-electron chi connectivity index (χ4n) is 3.78. The highest BCUT2D eigenvalue weighted by molar-refractivity contribution is 8.00. The zero-order valence-electron chi connectivity index (χ0n) is 19.6. The molecule has 1 amide bonds. The molecule has 0 saturated carbocycles. The summed E-state index contributed by atoms with van der Waals surface area (Å²) in [5.74, 6) is 0.582. The monoisotopic (exact) mass is 473 g/mol. The maximum atomic E-state index is 13.6. The van der Waals surface area contributed by atoms with Crippen molar-refractivity contribution in [1.29, 1.82) is 0 Å². The molecule has 4 rings (SSSR count). The van der Waals surface area contributed by atoms with Gasteiger partial charge in [0.2, 0.25) is 5.91 Å². The van der Waals surface area contributed by atoms with Gasteiger partial charge in [-0.25, -0.2) is 4.98 Å². The number of benzene rings is 3. The number of rotatable bonds is 7. The minimum atomic E-state index is -0.518. The Morgan fingerprint density at radius 3 is 2.41 bits per heavy atom. The number of amides is 1. The largest absolute Gasteiger partial charge is 0.495 e. The van der Waals surface area contributed by atoms with Crippen molar-refractivity contribution in [3.8, 4) is 11.4 Å². The second-order valence-corrected chi connectivity index (χ2v) is 9.52. The van der Waals surface area contributed by atoms with Crippen LogP contribution >= 0.6 is 11.8 Å². The fraction of sp³-hybridized carbons (Fsp3) is 0.222. The summed E-state index contributed by atoms with van der Waals surface area (Å²) in [6, 6.07) is 22.4. The van der Waals surface area contributed by atoms with E-state index in [4.69, 9.17) is 9.72 Å². The summed E-state index contributed by atoms with van der Waals surface area (Å²) in [4.78, 5) is 31.5. The summed E-state index contributed by atoms with van der Waals surface area (Å²) >= 11 is 1.25. The predicted octanol–water partition coefficient (Wildman–Crippen LogP) is 5.64. The van der Waals surface area contributed by atoms with Crippen molar-refractivity contribution in [3.63, 3.8) is 0 Å². The van der Waals surface area contributed by atoms with Crippen LogP contribution in [0.3, 0.4) is 0 Å². The lowest BCUT2D eigenvalue weighted by molar-refractivity contribution is -0.115. The van der Waals surface area contributed by atoms with Crippen LogP contribution in [0.1, 0.15) is 32.3 Å². The van der Waals surface area contributed by atoms with Gasteiger partial charge in [0.25, 0.3) is 5.56 Å². The third-order valence-corrected chi connectivity index (χ3v) is 6.61. The molecule has 0 spiro atoms. The molecule has 6 nitrogen and oxygen atoms in total. The Kier molecular flexibility index (Phi) is 7.03. The van der Waals surface area contributed by atoms with Crippen LogP contribution in [0.4, 0.5) is 5.69 Å². The highest BCUT2D eigenvalue weighted by atomic mass is 32.2. The highest BCUT2D eigenvalue weighted by Gasteiger charge is 2.22. The number of hydrogen-bond acceptors (Lipinski definition) is 5. The average Bonchev–Trinajstić information content (AvgIpc) is 2.84. The number of nitrogens with one attached hydrogen (secondary N) is 1. The highest BCUT2D eigenvalue weighted by Crippen LogP contribution is 2.30. The molecular formula is C27H27N3O3S. The second kappa shape index (κ2) is 10.1. The Labute approximate surface area is 203 Å². The van der Waals surface area contributed by atoms with E-state index in [0.717, 1.165) is 11.3 Å². The first-order chi connectivity index (χ1) is 16.4. The Balaban J connectivity index is 1.77. The van der Waals surface area contributed by atoms with Gasteiger partial charge < -0.3 is 10.1 Å². The van der Waals surface area contributed by atoms with Crippen molar-refractivity contribution in [3.05, 3.63) is 88.7 Å². The van der Waals surface area contributed by atoms with Crippen LogP contribution in [0, 0.1) is 0 Å². The maximum Gasteiger partial charge on any atom is 0.266 e. The van der Waals surface area contributed by atoms with Crippen LogP contribution in [0.25, 0.3) is 16.6 Å². The van der Waals surface area contributed by atoms with E-state index in [-0.39, 0.29) is 17.4 Å². The average molecular weight is 474 g/mol. The van der Waals surface area contributed by atoms with Crippen molar-refractivity contribution in [2.24, 2.45) is 0 Å². The number of para-hydroxylation sites is 4. The summed E-state index contributed by atoms with van der Waals surface area (Å²) < 4.78 is 6.98. The Hall–Kier alpha value is -3.58. The van der Waals surface area contributed by atoms with E-state index in [2.05, 4.69) is 19.2 Å². The summed E-state index contributed by atoms with van der Waals surface area (Å²) in [5, 5.41) is 3.41. The van der Waals surface area contributed by atoms with Gasteiger partial charge in [0.15, 0.2) is 5.16 Å². The zero-order valence-corrected chi connectivity index (χ0v) is 20.4. The first-order valence-electron chi connectivity index (χ1n) is 11.1. The molecule has 1 unspecified atom stereocenters. The van der Waals surface area contributed by atoms with Crippen LogP contribution in [-0.4, -0.2) is 27.8 Å². The van der Waals surface area contributed by atoms with Crippen molar-refractivity contribution in [2.45, 2.75) is 37.1 Å². The molecule has 3 aromatic carbocycles. The minimum Gasteiger partial charge on any atom is -0.495 e. The van der Waals surface area contributed by atoms with Gasteiger partial charge >= 0.3 is 0 Å². The van der Waals surface area contributed by atoms with E-state index in [1.54, 1.807) is 36.8 Å². The van der Waals surface area contributed by atoms with Crippen LogP contribution in [0.5, 0.6) is 5.75 Å². The van der Waals surface area contributed by atoms with E-state index in [1.165, 1.54) is 11.8 Å². The van der Waals surface area contributed by atoms with Crippen LogP contribution < -0.4 is 15.6 Å². The van der Waals surface area contributed by atoms with Crippen LogP contribution in [0.2, 0.25) is 0 Å².